The van der Waals surface area contributed by atoms with Crippen molar-refractivity contribution in [3.05, 3.63) is 58.7 Å². The van der Waals surface area contributed by atoms with Gasteiger partial charge in [0.25, 0.3) is 0 Å². The first-order chi connectivity index (χ1) is 17.3. The summed E-state index contributed by atoms with van der Waals surface area (Å²) < 4.78 is 16.5. The Morgan fingerprint density at radius 1 is 1.19 bits per heavy atom. The van der Waals surface area contributed by atoms with Crippen LogP contribution in [0.25, 0.3) is 0 Å². The number of pyridine rings is 1. The molecule has 1 amide bonds. The molecule has 0 atom stereocenters. The minimum atomic E-state index is -0.0262. The summed E-state index contributed by atoms with van der Waals surface area (Å²) in [6.45, 7) is 11.2. The quantitative estimate of drug-likeness (QED) is 0.508. The first-order valence-corrected chi connectivity index (χ1v) is 13.2. The number of hydrogen-bond acceptors (Lipinski definition) is 8. The molecular weight excluding hydrogens is 474 g/mol. The molecule has 0 fully saturated rings. The maximum absolute atomic E-state index is 13.0. The number of amides is 1. The molecule has 1 aromatic carbocycles. The highest BCUT2D eigenvalue weighted by Gasteiger charge is 2.23. The Labute approximate surface area is 217 Å². The van der Waals surface area contributed by atoms with E-state index >= 15 is 0 Å². The van der Waals surface area contributed by atoms with E-state index in [1.807, 2.05) is 36.4 Å². The largest absolute Gasteiger partial charge is 0.489 e. The SMILES string of the molecule is CC(C)c1nnsc1CNC(=O)CN1CCCC(C)(C)COc2ccccc2Oc2ncccc2C1. The molecule has 0 unspecified atom stereocenters. The molecule has 8 nitrogen and oxygen atoms in total. The van der Waals surface area contributed by atoms with Crippen LogP contribution in [-0.2, 0) is 17.9 Å². The molecule has 2 aromatic heterocycles. The lowest BCUT2D eigenvalue weighted by atomic mass is 9.88. The average Bonchev–Trinajstić information content (AvgIpc) is 3.32. The molecule has 0 aliphatic carbocycles. The van der Waals surface area contributed by atoms with Crippen LogP contribution in [0.3, 0.4) is 0 Å². The molecule has 0 radical (unpaired) electrons. The highest BCUT2D eigenvalue weighted by Crippen LogP contribution is 2.34. The van der Waals surface area contributed by atoms with Crippen molar-refractivity contribution in [3.63, 3.8) is 0 Å². The van der Waals surface area contributed by atoms with Gasteiger partial charge in [-0.05, 0) is 60.5 Å². The third-order valence-electron chi connectivity index (χ3n) is 6.19. The second-order valence-electron chi connectivity index (χ2n) is 10.3. The number of para-hydroxylation sites is 2. The summed E-state index contributed by atoms with van der Waals surface area (Å²) in [5.41, 5.74) is 1.85. The van der Waals surface area contributed by atoms with Crippen molar-refractivity contribution >= 4 is 17.4 Å². The summed E-state index contributed by atoms with van der Waals surface area (Å²) in [6.07, 6.45) is 3.63. The van der Waals surface area contributed by atoms with Crippen LogP contribution in [0.5, 0.6) is 17.4 Å². The van der Waals surface area contributed by atoms with Crippen molar-refractivity contribution in [3.8, 4) is 17.4 Å². The number of rotatable bonds is 5. The zero-order valence-corrected chi connectivity index (χ0v) is 22.3. The Kier molecular flexibility index (Phi) is 8.53. The Morgan fingerprint density at radius 2 is 2.00 bits per heavy atom. The van der Waals surface area contributed by atoms with E-state index < -0.39 is 0 Å². The molecule has 1 aliphatic heterocycles. The summed E-state index contributed by atoms with van der Waals surface area (Å²) in [6, 6.07) is 11.6. The highest BCUT2D eigenvalue weighted by molar-refractivity contribution is 7.05. The summed E-state index contributed by atoms with van der Waals surface area (Å²) in [5.74, 6) is 2.11. The molecular formula is C27H35N5O3S. The van der Waals surface area contributed by atoms with Gasteiger partial charge >= 0.3 is 0 Å². The van der Waals surface area contributed by atoms with Gasteiger partial charge < -0.3 is 14.8 Å². The number of aromatic nitrogens is 3. The first-order valence-electron chi connectivity index (χ1n) is 12.4. The van der Waals surface area contributed by atoms with Gasteiger partial charge in [0.05, 0.1) is 30.3 Å². The molecule has 1 aliphatic rings. The second kappa shape index (κ2) is 11.8. The minimum absolute atomic E-state index is 0.0212. The van der Waals surface area contributed by atoms with E-state index in [-0.39, 0.29) is 23.8 Å². The molecule has 0 saturated heterocycles. The Hall–Kier alpha value is -3.04. The lowest BCUT2D eigenvalue weighted by molar-refractivity contribution is -0.122. The molecule has 4 rings (SSSR count). The number of nitrogens with one attached hydrogen (secondary N) is 1. The van der Waals surface area contributed by atoms with Crippen LogP contribution in [-0.4, -0.2) is 45.1 Å². The van der Waals surface area contributed by atoms with Crippen LogP contribution in [0.4, 0.5) is 0 Å². The van der Waals surface area contributed by atoms with Gasteiger partial charge in [0.2, 0.25) is 11.8 Å². The molecule has 0 bridgehead atoms. The van der Waals surface area contributed by atoms with E-state index in [0.29, 0.717) is 37.1 Å². The fraction of sp³-hybridized carbons (Fsp3) is 0.481. The van der Waals surface area contributed by atoms with Crippen LogP contribution in [0.1, 0.15) is 62.6 Å². The van der Waals surface area contributed by atoms with E-state index in [1.165, 1.54) is 11.5 Å². The number of hydrogen-bond donors (Lipinski definition) is 1. The van der Waals surface area contributed by atoms with Crippen molar-refractivity contribution in [1.29, 1.82) is 0 Å². The zero-order chi connectivity index (χ0) is 25.5. The molecule has 3 aromatic rings. The van der Waals surface area contributed by atoms with Crippen LogP contribution in [0.2, 0.25) is 0 Å². The Bertz CT molecular complexity index is 1160. The van der Waals surface area contributed by atoms with Gasteiger partial charge in [-0.25, -0.2) is 4.98 Å². The van der Waals surface area contributed by atoms with Crippen LogP contribution < -0.4 is 14.8 Å². The standard InChI is InChI=1S/C27H35N5O3S/c1-19(2)25-23(36-31-30-25)15-29-24(33)17-32-14-8-12-27(3,4)18-34-21-10-5-6-11-22(21)35-26-20(16-32)9-7-13-28-26/h5-7,9-11,13,19H,8,12,14-18H2,1-4H3,(H,29,33). The monoisotopic (exact) mass is 509 g/mol. The van der Waals surface area contributed by atoms with Crippen LogP contribution in [0, 0.1) is 5.41 Å². The molecule has 192 valence electrons. The normalized spacial score (nSPS) is 16.4. The van der Waals surface area contributed by atoms with E-state index in [4.69, 9.17) is 9.47 Å². The predicted octanol–water partition coefficient (Wildman–Crippen LogP) is 5.17. The van der Waals surface area contributed by atoms with Gasteiger partial charge in [-0.2, -0.15) is 0 Å². The van der Waals surface area contributed by atoms with E-state index in [2.05, 4.69) is 52.5 Å². The smallest absolute Gasteiger partial charge is 0.234 e. The second-order valence-corrected chi connectivity index (χ2v) is 11.1. The van der Waals surface area contributed by atoms with E-state index in [1.54, 1.807) is 6.20 Å². The third-order valence-corrected chi connectivity index (χ3v) is 6.93. The Morgan fingerprint density at radius 3 is 2.81 bits per heavy atom. The van der Waals surface area contributed by atoms with Crippen LogP contribution in [0.15, 0.2) is 42.6 Å². The summed E-state index contributed by atoms with van der Waals surface area (Å²) in [4.78, 5) is 20.6. The van der Waals surface area contributed by atoms with Crippen molar-refractivity contribution in [1.82, 2.24) is 24.8 Å². The van der Waals surface area contributed by atoms with Gasteiger partial charge in [0, 0.05) is 18.3 Å². The van der Waals surface area contributed by atoms with Gasteiger partial charge in [0.15, 0.2) is 11.5 Å². The predicted molar refractivity (Wildman–Crippen MR) is 140 cm³/mol. The molecule has 9 heteroatoms. The van der Waals surface area contributed by atoms with Crippen LogP contribution >= 0.6 is 11.5 Å². The van der Waals surface area contributed by atoms with Crippen molar-refractivity contribution in [2.75, 3.05) is 19.7 Å². The fourth-order valence-electron chi connectivity index (χ4n) is 4.19. The van der Waals surface area contributed by atoms with E-state index in [9.17, 15) is 4.79 Å². The number of benzene rings is 1. The van der Waals surface area contributed by atoms with Gasteiger partial charge in [0.1, 0.15) is 0 Å². The van der Waals surface area contributed by atoms with Gasteiger partial charge in [-0.3, -0.25) is 9.69 Å². The average molecular weight is 510 g/mol. The third kappa shape index (κ3) is 7.01. The van der Waals surface area contributed by atoms with E-state index in [0.717, 1.165) is 35.5 Å². The number of carbonyl (C=O) groups excluding carboxylic acids is 1. The number of ether oxygens (including phenoxy) is 2. The first kappa shape index (κ1) is 26.0. The van der Waals surface area contributed by atoms with Gasteiger partial charge in [-0.15, -0.1) is 5.10 Å². The summed E-state index contributed by atoms with van der Waals surface area (Å²) in [7, 11) is 0. The Balaban J connectivity index is 1.51. The number of nitrogens with zero attached hydrogens (tertiary/aromatic N) is 4. The summed E-state index contributed by atoms with van der Waals surface area (Å²) >= 11 is 1.34. The van der Waals surface area contributed by atoms with Crippen molar-refractivity contribution in [2.24, 2.45) is 5.41 Å². The molecule has 36 heavy (non-hydrogen) atoms. The maximum atomic E-state index is 13.0. The van der Waals surface area contributed by atoms with Gasteiger partial charge in [-0.1, -0.05) is 50.4 Å². The van der Waals surface area contributed by atoms with Crippen molar-refractivity contribution < 1.29 is 14.3 Å². The minimum Gasteiger partial charge on any atom is -0.489 e. The summed E-state index contributed by atoms with van der Waals surface area (Å²) in [5, 5.41) is 7.27. The number of carbonyl (C=O) groups is 1. The van der Waals surface area contributed by atoms with Crippen molar-refractivity contribution in [2.45, 2.75) is 59.5 Å². The molecule has 1 N–H and O–H groups in total. The molecule has 3 heterocycles. The maximum Gasteiger partial charge on any atom is 0.234 e. The lowest BCUT2D eigenvalue weighted by Crippen LogP contribution is -2.37. The molecule has 0 spiro atoms. The molecule has 0 saturated carbocycles. The lowest BCUT2D eigenvalue weighted by Gasteiger charge is -2.27. The zero-order valence-electron chi connectivity index (χ0n) is 21.5. The highest BCUT2D eigenvalue weighted by atomic mass is 32.1. The number of fused-ring (bicyclic) bond motifs is 2. The fourth-order valence-corrected chi connectivity index (χ4v) is 4.92. The topological polar surface area (TPSA) is 89.5 Å².